The molecule has 0 aromatic heterocycles. The Bertz CT molecular complexity index is 535. The molecular formula is C14H10ClO2S-. The van der Waals surface area contributed by atoms with Gasteiger partial charge in [-0.2, -0.15) is 0 Å². The van der Waals surface area contributed by atoms with Crippen LogP contribution in [0.25, 0.3) is 0 Å². The maximum atomic E-state index is 10.4. The number of aliphatic carboxylic acids is 1. The molecule has 2 aromatic carbocycles. The summed E-state index contributed by atoms with van der Waals surface area (Å²) in [4.78, 5) is 12.6. The fraction of sp³-hybridized carbons (Fsp3) is 0.0714. The Morgan fingerprint density at radius 1 is 1.00 bits per heavy atom. The Morgan fingerprint density at radius 3 is 2.00 bits per heavy atom. The van der Waals surface area contributed by atoms with Gasteiger partial charge in [-0.25, -0.2) is 0 Å². The van der Waals surface area contributed by atoms with Crippen LogP contribution in [-0.4, -0.2) is 5.97 Å². The zero-order valence-electron chi connectivity index (χ0n) is 9.43. The number of hydrogen-bond donors (Lipinski definition) is 0. The van der Waals surface area contributed by atoms with E-state index in [1.807, 2.05) is 36.4 Å². The molecule has 2 nitrogen and oxygen atoms in total. The van der Waals surface area contributed by atoms with E-state index in [2.05, 4.69) is 0 Å². The molecule has 0 saturated heterocycles. The zero-order chi connectivity index (χ0) is 13.0. The molecule has 0 heterocycles. The SMILES string of the molecule is O=C([O-])Cc1ccc(Sc2ccc(Cl)cc2)cc1. The molecule has 0 bridgehead atoms. The van der Waals surface area contributed by atoms with Gasteiger partial charge in [0.05, 0.1) is 0 Å². The Hall–Kier alpha value is -1.45. The Kier molecular flexibility index (Phi) is 4.28. The Labute approximate surface area is 115 Å². The number of carboxylic acid groups (broad SMARTS) is 1. The summed E-state index contributed by atoms with van der Waals surface area (Å²) < 4.78 is 0. The average Bonchev–Trinajstić information content (AvgIpc) is 2.34. The highest BCUT2D eigenvalue weighted by Crippen LogP contribution is 2.28. The molecule has 18 heavy (non-hydrogen) atoms. The minimum atomic E-state index is -1.06. The van der Waals surface area contributed by atoms with Crippen molar-refractivity contribution < 1.29 is 9.90 Å². The molecule has 0 aliphatic carbocycles. The predicted octanol–water partition coefficient (Wildman–Crippen LogP) is 2.78. The smallest absolute Gasteiger partial charge is 0.0458 e. The van der Waals surface area contributed by atoms with Crippen LogP contribution in [0.4, 0.5) is 0 Å². The van der Waals surface area contributed by atoms with Crippen LogP contribution >= 0.6 is 23.4 Å². The molecule has 0 atom stereocenters. The topological polar surface area (TPSA) is 40.1 Å². The lowest BCUT2D eigenvalue weighted by Crippen LogP contribution is -2.24. The summed E-state index contributed by atoms with van der Waals surface area (Å²) in [5.74, 6) is -1.06. The molecule has 0 amide bonds. The molecule has 4 heteroatoms. The van der Waals surface area contributed by atoms with Gasteiger partial charge in [-0.3, -0.25) is 0 Å². The summed E-state index contributed by atoms with van der Waals surface area (Å²) in [6, 6.07) is 15.0. The fourth-order valence-electron chi connectivity index (χ4n) is 1.48. The zero-order valence-corrected chi connectivity index (χ0v) is 11.0. The van der Waals surface area contributed by atoms with Crippen LogP contribution in [0.5, 0.6) is 0 Å². The molecule has 0 N–H and O–H groups in total. The summed E-state index contributed by atoms with van der Waals surface area (Å²) in [6.45, 7) is 0. The van der Waals surface area contributed by atoms with Crippen molar-refractivity contribution in [3.8, 4) is 0 Å². The largest absolute Gasteiger partial charge is 0.550 e. The first-order valence-electron chi connectivity index (χ1n) is 5.36. The van der Waals surface area contributed by atoms with Crippen molar-refractivity contribution in [1.82, 2.24) is 0 Å². The number of hydrogen-bond acceptors (Lipinski definition) is 3. The van der Waals surface area contributed by atoms with Gasteiger partial charge in [-0.05, 0) is 42.0 Å². The van der Waals surface area contributed by atoms with Gasteiger partial charge in [0.2, 0.25) is 0 Å². The number of carbonyl (C=O) groups is 1. The van der Waals surface area contributed by atoms with Crippen molar-refractivity contribution in [1.29, 1.82) is 0 Å². The average molecular weight is 278 g/mol. The van der Waals surface area contributed by atoms with Crippen LogP contribution in [0.3, 0.4) is 0 Å². The normalized spacial score (nSPS) is 10.3. The lowest BCUT2D eigenvalue weighted by Gasteiger charge is -2.05. The van der Waals surface area contributed by atoms with E-state index in [9.17, 15) is 9.90 Å². The maximum Gasteiger partial charge on any atom is 0.0458 e. The van der Waals surface area contributed by atoms with Crippen molar-refractivity contribution in [2.24, 2.45) is 0 Å². The molecule has 0 aliphatic heterocycles. The highest BCUT2D eigenvalue weighted by atomic mass is 35.5. The number of carbonyl (C=O) groups excluding carboxylic acids is 1. The first kappa shape index (κ1) is 13.0. The van der Waals surface area contributed by atoms with Gasteiger partial charge < -0.3 is 9.90 Å². The standard InChI is InChI=1S/C14H11ClO2S/c15-11-3-7-13(8-4-11)18-12-5-1-10(2-6-12)9-14(16)17/h1-8H,9H2,(H,16,17)/p-1. The molecule has 0 spiro atoms. The van der Waals surface area contributed by atoms with Gasteiger partial charge in [0.25, 0.3) is 0 Å². The van der Waals surface area contributed by atoms with Crippen molar-refractivity contribution in [2.45, 2.75) is 16.2 Å². The number of halogens is 1. The van der Waals surface area contributed by atoms with Crippen LogP contribution in [0.15, 0.2) is 58.3 Å². The van der Waals surface area contributed by atoms with Crippen molar-refractivity contribution in [3.63, 3.8) is 0 Å². The number of benzene rings is 2. The molecular weight excluding hydrogens is 268 g/mol. The number of rotatable bonds is 4. The second-order valence-electron chi connectivity index (χ2n) is 3.75. The summed E-state index contributed by atoms with van der Waals surface area (Å²) in [7, 11) is 0. The van der Waals surface area contributed by atoms with E-state index in [1.54, 1.807) is 23.9 Å². The molecule has 2 aromatic rings. The van der Waals surface area contributed by atoms with E-state index in [0.717, 1.165) is 15.4 Å². The van der Waals surface area contributed by atoms with E-state index in [-0.39, 0.29) is 6.42 Å². The van der Waals surface area contributed by atoms with Crippen LogP contribution < -0.4 is 5.11 Å². The maximum absolute atomic E-state index is 10.4. The fourth-order valence-corrected chi connectivity index (χ4v) is 2.42. The van der Waals surface area contributed by atoms with Gasteiger partial charge in [-0.15, -0.1) is 0 Å². The van der Waals surface area contributed by atoms with Crippen LogP contribution in [0.1, 0.15) is 5.56 Å². The van der Waals surface area contributed by atoms with Gasteiger partial charge in [-0.1, -0.05) is 35.5 Å². The van der Waals surface area contributed by atoms with E-state index in [1.165, 1.54) is 0 Å². The molecule has 0 aliphatic rings. The minimum absolute atomic E-state index is 0.0497. The van der Waals surface area contributed by atoms with E-state index >= 15 is 0 Å². The van der Waals surface area contributed by atoms with Crippen molar-refractivity contribution in [2.75, 3.05) is 0 Å². The lowest BCUT2D eigenvalue weighted by atomic mass is 10.2. The van der Waals surface area contributed by atoms with Crippen molar-refractivity contribution in [3.05, 3.63) is 59.1 Å². The van der Waals surface area contributed by atoms with Gasteiger partial charge in [0.1, 0.15) is 0 Å². The summed E-state index contributed by atoms with van der Waals surface area (Å²) in [5.41, 5.74) is 0.746. The third-order valence-corrected chi connectivity index (χ3v) is 3.59. The second-order valence-corrected chi connectivity index (χ2v) is 5.33. The molecule has 0 radical (unpaired) electrons. The molecule has 2 rings (SSSR count). The highest BCUT2D eigenvalue weighted by molar-refractivity contribution is 7.99. The third-order valence-electron chi connectivity index (χ3n) is 2.32. The van der Waals surface area contributed by atoms with Crippen LogP contribution in [-0.2, 0) is 11.2 Å². The van der Waals surface area contributed by atoms with Crippen LogP contribution in [0, 0.1) is 0 Å². The summed E-state index contributed by atoms with van der Waals surface area (Å²) >= 11 is 7.42. The Balaban J connectivity index is 2.06. The monoisotopic (exact) mass is 277 g/mol. The predicted molar refractivity (Wildman–Crippen MR) is 70.7 cm³/mol. The second kappa shape index (κ2) is 5.94. The first-order valence-corrected chi connectivity index (χ1v) is 6.55. The van der Waals surface area contributed by atoms with Gasteiger partial charge in [0, 0.05) is 27.2 Å². The number of carboxylic acids is 1. The molecule has 92 valence electrons. The van der Waals surface area contributed by atoms with E-state index < -0.39 is 5.97 Å². The molecule has 0 saturated carbocycles. The van der Waals surface area contributed by atoms with Gasteiger partial charge in [0.15, 0.2) is 0 Å². The van der Waals surface area contributed by atoms with Gasteiger partial charge >= 0.3 is 0 Å². The lowest BCUT2D eigenvalue weighted by molar-refractivity contribution is -0.304. The summed E-state index contributed by atoms with van der Waals surface area (Å²) in [6.07, 6.45) is -0.0497. The molecule has 0 unspecified atom stereocenters. The summed E-state index contributed by atoms with van der Waals surface area (Å²) in [5, 5.41) is 11.2. The van der Waals surface area contributed by atoms with E-state index in [4.69, 9.17) is 11.6 Å². The van der Waals surface area contributed by atoms with Crippen LogP contribution in [0.2, 0.25) is 5.02 Å². The third kappa shape index (κ3) is 3.79. The van der Waals surface area contributed by atoms with Crippen molar-refractivity contribution >= 4 is 29.3 Å². The highest BCUT2D eigenvalue weighted by Gasteiger charge is 1.99. The first-order chi connectivity index (χ1) is 8.63. The minimum Gasteiger partial charge on any atom is -0.550 e. The molecule has 0 fully saturated rings. The quantitative estimate of drug-likeness (QED) is 0.863. The van der Waals surface area contributed by atoms with E-state index in [0.29, 0.717) is 5.02 Å². The Morgan fingerprint density at radius 2 is 1.50 bits per heavy atom.